The van der Waals surface area contributed by atoms with Gasteiger partial charge in [0.2, 0.25) is 6.10 Å². The third kappa shape index (κ3) is 10.7. The summed E-state index contributed by atoms with van der Waals surface area (Å²) in [5.41, 5.74) is 0.415. The Morgan fingerprint density at radius 1 is 1.13 bits per heavy atom. The van der Waals surface area contributed by atoms with Crippen molar-refractivity contribution in [3.63, 3.8) is 0 Å². The zero-order valence-electron chi connectivity index (χ0n) is 16.8. The predicted molar refractivity (Wildman–Crippen MR) is 116 cm³/mol. The molecule has 0 saturated carbocycles. The van der Waals surface area contributed by atoms with Gasteiger partial charge < -0.3 is 25.6 Å². The fraction of sp³-hybridized carbons (Fsp3) is 0.474. The van der Waals surface area contributed by atoms with Crippen molar-refractivity contribution in [3.05, 3.63) is 27.6 Å². The smallest absolute Gasteiger partial charge is 0.408 e. The average molecular weight is 553 g/mol. The second-order valence-electron chi connectivity index (χ2n) is 6.62. The van der Waals surface area contributed by atoms with Crippen LogP contribution >= 0.6 is 22.6 Å². The van der Waals surface area contributed by atoms with E-state index in [1.807, 2.05) is 22.6 Å². The van der Waals surface area contributed by atoms with E-state index in [0.717, 1.165) is 3.57 Å². The summed E-state index contributed by atoms with van der Waals surface area (Å²) in [4.78, 5) is 61.3. The van der Waals surface area contributed by atoms with Crippen LogP contribution in [0.2, 0.25) is 0 Å². The van der Waals surface area contributed by atoms with Crippen LogP contribution in [0.3, 0.4) is 0 Å². The van der Waals surface area contributed by atoms with E-state index in [0.29, 0.717) is 24.9 Å². The standard InChI is InChI=1S/C19H24IN3O8/c1-11(24)14(5-6-16(25)26)23-19(30)31-15(18(28)29)4-2-3-7-22-17(27)12-8-13(20)10-21-9-12/h8-10,14-15H,2-7H2,1H3,(H,22,27)(H,23,30)(H,25,26)(H,28,29)/t14-,15-/m0/s1/i20+4. The largest absolute Gasteiger partial charge is 0.481 e. The summed E-state index contributed by atoms with van der Waals surface area (Å²) in [6, 6.07) is 0.601. The molecule has 4 N–H and O–H groups in total. The minimum Gasteiger partial charge on any atom is -0.481 e. The maximum atomic E-state index is 12.0. The third-order valence-electron chi connectivity index (χ3n) is 4.10. The van der Waals surface area contributed by atoms with Crippen LogP contribution in [0.15, 0.2) is 18.5 Å². The van der Waals surface area contributed by atoms with Gasteiger partial charge in [0.05, 0.1) is 11.6 Å². The minimum absolute atomic E-state index is 0.00325. The van der Waals surface area contributed by atoms with Crippen molar-refractivity contribution in [1.82, 2.24) is 15.6 Å². The number of halogens is 1. The van der Waals surface area contributed by atoms with E-state index in [-0.39, 0.29) is 25.2 Å². The van der Waals surface area contributed by atoms with Crippen LogP contribution in [0.5, 0.6) is 0 Å². The number of nitrogens with one attached hydrogen (secondary N) is 2. The molecule has 1 heterocycles. The molecule has 12 heteroatoms. The molecule has 0 aliphatic heterocycles. The molecule has 0 unspecified atom stereocenters. The lowest BCUT2D eigenvalue weighted by Crippen LogP contribution is -2.42. The molecular weight excluding hydrogens is 529 g/mol. The Labute approximate surface area is 192 Å². The van der Waals surface area contributed by atoms with Gasteiger partial charge in [-0.05, 0) is 61.3 Å². The van der Waals surface area contributed by atoms with E-state index in [4.69, 9.17) is 9.84 Å². The Balaban J connectivity index is 2.42. The lowest BCUT2D eigenvalue weighted by Gasteiger charge is -2.18. The van der Waals surface area contributed by atoms with Crippen LogP contribution in [-0.2, 0) is 19.1 Å². The van der Waals surface area contributed by atoms with E-state index in [1.165, 1.54) is 13.1 Å². The van der Waals surface area contributed by atoms with Crippen molar-refractivity contribution in [2.24, 2.45) is 0 Å². The minimum atomic E-state index is -1.44. The first-order valence-corrected chi connectivity index (χ1v) is 10.5. The number of alkyl carbamates (subject to hydrolysis) is 1. The van der Waals surface area contributed by atoms with Crippen LogP contribution in [0.4, 0.5) is 4.79 Å². The maximum absolute atomic E-state index is 12.0. The molecular formula is C19H24IN3O8. The second-order valence-corrected chi connectivity index (χ2v) is 7.86. The number of carboxylic acid groups (broad SMARTS) is 2. The molecule has 1 aromatic heterocycles. The quantitative estimate of drug-likeness (QED) is 0.209. The number of rotatable bonds is 13. The van der Waals surface area contributed by atoms with Gasteiger partial charge in [-0.3, -0.25) is 19.4 Å². The number of carboxylic acids is 2. The monoisotopic (exact) mass is 553 g/mol. The maximum Gasteiger partial charge on any atom is 0.408 e. The van der Waals surface area contributed by atoms with Gasteiger partial charge in [-0.2, -0.15) is 0 Å². The van der Waals surface area contributed by atoms with E-state index < -0.39 is 36.0 Å². The molecule has 0 aliphatic rings. The van der Waals surface area contributed by atoms with E-state index in [2.05, 4.69) is 15.6 Å². The number of ketones is 1. The van der Waals surface area contributed by atoms with Gasteiger partial charge >= 0.3 is 18.0 Å². The SMILES string of the molecule is CC(=O)[C@H](CCC(=O)O)NC(=O)O[C@@H](CCCCNC(=O)c1cncc([131I])c1)C(=O)O. The normalized spacial score (nSPS) is 12.3. The summed E-state index contributed by atoms with van der Waals surface area (Å²) in [7, 11) is 0. The number of amides is 2. The number of hydrogen-bond acceptors (Lipinski definition) is 7. The average Bonchev–Trinajstić information content (AvgIpc) is 2.69. The Morgan fingerprint density at radius 2 is 1.84 bits per heavy atom. The van der Waals surface area contributed by atoms with Gasteiger partial charge in [-0.1, -0.05) is 0 Å². The summed E-state index contributed by atoms with van der Waals surface area (Å²) < 4.78 is 5.68. The van der Waals surface area contributed by atoms with Gasteiger partial charge in [0.1, 0.15) is 0 Å². The lowest BCUT2D eigenvalue weighted by atomic mass is 10.1. The summed E-state index contributed by atoms with van der Waals surface area (Å²) in [5.74, 6) is -3.25. The van der Waals surface area contributed by atoms with Crippen LogP contribution in [0, 0.1) is 3.57 Å². The Hall–Kier alpha value is -2.77. The topological polar surface area (TPSA) is 172 Å². The number of pyridine rings is 1. The highest BCUT2D eigenvalue weighted by Gasteiger charge is 2.25. The van der Waals surface area contributed by atoms with E-state index in [9.17, 15) is 29.1 Å². The fourth-order valence-electron chi connectivity index (χ4n) is 2.48. The molecule has 11 nitrogen and oxygen atoms in total. The van der Waals surface area contributed by atoms with Crippen LogP contribution in [0.1, 0.15) is 49.4 Å². The molecule has 0 fully saturated rings. The van der Waals surface area contributed by atoms with Crippen molar-refractivity contribution >= 4 is 52.3 Å². The fourth-order valence-corrected chi connectivity index (χ4v) is 2.97. The zero-order valence-corrected chi connectivity index (χ0v) is 19.0. The Kier molecular flexibility index (Phi) is 11.5. The first-order chi connectivity index (χ1) is 14.6. The highest BCUT2D eigenvalue weighted by Crippen LogP contribution is 2.08. The second kappa shape index (κ2) is 13.5. The molecule has 0 saturated heterocycles. The molecule has 0 aliphatic carbocycles. The number of nitrogens with zero attached hydrogens (tertiary/aromatic N) is 1. The van der Waals surface area contributed by atoms with Crippen molar-refractivity contribution < 1.29 is 38.9 Å². The number of unbranched alkanes of at least 4 members (excludes halogenated alkanes) is 1. The summed E-state index contributed by atoms with van der Waals surface area (Å²) in [6.45, 7) is 1.48. The number of Topliss-reactive ketones (excluding diaryl/α,β-unsaturated/α-hetero) is 1. The third-order valence-corrected chi connectivity index (χ3v) is 4.69. The molecule has 1 aromatic rings. The summed E-state index contributed by atoms with van der Waals surface area (Å²) >= 11 is 2.04. The number of aliphatic carboxylic acids is 2. The van der Waals surface area contributed by atoms with Gasteiger partial charge in [0.25, 0.3) is 5.91 Å². The predicted octanol–water partition coefficient (Wildman–Crippen LogP) is 1.59. The summed E-state index contributed by atoms with van der Waals surface area (Å²) in [5, 5.41) is 22.8. The molecule has 2 amide bonds. The molecule has 2 atom stereocenters. The number of hydrogen-bond donors (Lipinski definition) is 4. The van der Waals surface area contributed by atoms with Crippen LogP contribution < -0.4 is 10.6 Å². The van der Waals surface area contributed by atoms with Gasteiger partial charge in [0.15, 0.2) is 5.78 Å². The lowest BCUT2D eigenvalue weighted by molar-refractivity contribution is -0.147. The van der Waals surface area contributed by atoms with Crippen LogP contribution in [0.25, 0.3) is 0 Å². The molecule has 0 aromatic carbocycles. The molecule has 170 valence electrons. The molecule has 1 rings (SSSR count). The van der Waals surface area contributed by atoms with Crippen molar-refractivity contribution in [2.45, 2.75) is 51.2 Å². The number of aromatic nitrogens is 1. The molecule has 0 radical (unpaired) electrons. The Morgan fingerprint density at radius 3 is 2.42 bits per heavy atom. The zero-order chi connectivity index (χ0) is 23.4. The first-order valence-electron chi connectivity index (χ1n) is 9.41. The van der Waals surface area contributed by atoms with Gasteiger partial charge in [-0.15, -0.1) is 0 Å². The van der Waals surface area contributed by atoms with Crippen molar-refractivity contribution in [3.8, 4) is 0 Å². The highest BCUT2D eigenvalue weighted by molar-refractivity contribution is 14.1. The number of ether oxygens (including phenoxy) is 1. The van der Waals surface area contributed by atoms with Gasteiger partial charge in [0, 0.05) is 28.9 Å². The number of carbonyl (C=O) groups is 5. The van der Waals surface area contributed by atoms with E-state index >= 15 is 0 Å². The number of carbonyl (C=O) groups excluding carboxylic acids is 3. The van der Waals surface area contributed by atoms with Gasteiger partial charge in [-0.25, -0.2) is 9.59 Å². The van der Waals surface area contributed by atoms with E-state index in [1.54, 1.807) is 12.3 Å². The van der Waals surface area contributed by atoms with Crippen molar-refractivity contribution in [1.29, 1.82) is 0 Å². The molecule has 0 spiro atoms. The van der Waals surface area contributed by atoms with Crippen LogP contribution in [-0.4, -0.2) is 63.6 Å². The van der Waals surface area contributed by atoms with Crippen molar-refractivity contribution in [2.75, 3.05) is 6.54 Å². The first kappa shape index (κ1) is 26.3. The Bertz CT molecular complexity index is 817. The molecule has 0 bridgehead atoms. The highest BCUT2D eigenvalue weighted by atomic mass is 131. The molecule has 31 heavy (non-hydrogen) atoms. The summed E-state index contributed by atoms with van der Waals surface area (Å²) in [6.07, 6.45) is 0.837.